The van der Waals surface area contributed by atoms with Crippen LogP contribution in [-0.4, -0.2) is 21.0 Å². The highest BCUT2D eigenvalue weighted by Gasteiger charge is 2.11. The van der Waals surface area contributed by atoms with Crippen LogP contribution in [-0.2, 0) is 0 Å². The van der Waals surface area contributed by atoms with Gasteiger partial charge in [-0.2, -0.15) is 5.10 Å². The molecule has 1 unspecified atom stereocenters. The molecule has 1 heterocycles. The van der Waals surface area contributed by atoms with E-state index in [9.17, 15) is 0 Å². The second kappa shape index (κ2) is 4.50. The first-order chi connectivity index (χ1) is 6.93. The molecule has 82 valence electrons. The van der Waals surface area contributed by atoms with E-state index in [2.05, 4.69) is 30.8 Å². The highest BCUT2D eigenvalue weighted by molar-refractivity contribution is 5.38. The Morgan fingerprint density at radius 3 is 2.33 bits per heavy atom. The van der Waals surface area contributed by atoms with Crippen LogP contribution in [0.3, 0.4) is 0 Å². The maximum absolute atomic E-state index is 9.14. The van der Waals surface area contributed by atoms with Gasteiger partial charge >= 0.3 is 0 Å². The SMILES string of the molecule is Cc1nn(C(C)C)c(C#CC(C)O)c1C. The molecular formula is C12H18N2O. The van der Waals surface area contributed by atoms with Gasteiger partial charge in [0.1, 0.15) is 11.8 Å². The van der Waals surface area contributed by atoms with Gasteiger partial charge in [-0.15, -0.1) is 0 Å². The summed E-state index contributed by atoms with van der Waals surface area (Å²) in [5.74, 6) is 5.74. The lowest BCUT2D eigenvalue weighted by Gasteiger charge is -2.07. The van der Waals surface area contributed by atoms with Crippen molar-refractivity contribution in [2.24, 2.45) is 0 Å². The second-order valence-corrected chi connectivity index (χ2v) is 4.04. The molecule has 0 radical (unpaired) electrons. The normalized spacial score (nSPS) is 12.5. The third kappa shape index (κ3) is 2.60. The summed E-state index contributed by atoms with van der Waals surface area (Å²) in [6.45, 7) is 9.78. The van der Waals surface area contributed by atoms with E-state index >= 15 is 0 Å². The number of nitrogens with zero attached hydrogens (tertiary/aromatic N) is 2. The standard InChI is InChI=1S/C12H18N2O/c1-8(2)14-12(7-6-9(3)15)10(4)11(5)13-14/h8-9,15H,1-5H3. The summed E-state index contributed by atoms with van der Waals surface area (Å²) in [6.07, 6.45) is -0.597. The monoisotopic (exact) mass is 206 g/mol. The number of aryl methyl sites for hydroxylation is 1. The van der Waals surface area contributed by atoms with Crippen LogP contribution in [0.1, 0.15) is 43.8 Å². The molecule has 0 bridgehead atoms. The predicted octanol–water partition coefficient (Wildman–Crippen LogP) is 1.81. The van der Waals surface area contributed by atoms with E-state index in [4.69, 9.17) is 5.11 Å². The zero-order valence-electron chi connectivity index (χ0n) is 10.00. The minimum atomic E-state index is -0.597. The third-order valence-electron chi connectivity index (χ3n) is 2.27. The van der Waals surface area contributed by atoms with Crippen molar-refractivity contribution >= 4 is 0 Å². The molecule has 0 aliphatic rings. The molecule has 3 heteroatoms. The van der Waals surface area contributed by atoms with Crippen LogP contribution in [0.4, 0.5) is 0 Å². The van der Waals surface area contributed by atoms with E-state index in [-0.39, 0.29) is 6.04 Å². The molecule has 15 heavy (non-hydrogen) atoms. The van der Waals surface area contributed by atoms with E-state index in [1.54, 1.807) is 6.92 Å². The smallest absolute Gasteiger partial charge is 0.114 e. The molecule has 0 aromatic carbocycles. The molecule has 0 amide bonds. The molecule has 0 aliphatic carbocycles. The van der Waals surface area contributed by atoms with Crippen LogP contribution in [0, 0.1) is 25.7 Å². The van der Waals surface area contributed by atoms with E-state index in [1.807, 2.05) is 18.5 Å². The van der Waals surface area contributed by atoms with Crippen LogP contribution >= 0.6 is 0 Å². The molecule has 0 aliphatic heterocycles. The number of rotatable bonds is 1. The van der Waals surface area contributed by atoms with Gasteiger partial charge < -0.3 is 5.11 Å². The quantitative estimate of drug-likeness (QED) is 0.712. The fraction of sp³-hybridized carbons (Fsp3) is 0.583. The molecule has 3 nitrogen and oxygen atoms in total. The molecular weight excluding hydrogens is 188 g/mol. The van der Waals surface area contributed by atoms with E-state index in [1.165, 1.54) is 0 Å². The summed E-state index contributed by atoms with van der Waals surface area (Å²) < 4.78 is 1.90. The van der Waals surface area contributed by atoms with Crippen LogP contribution < -0.4 is 0 Å². The highest BCUT2D eigenvalue weighted by Crippen LogP contribution is 2.15. The van der Waals surface area contributed by atoms with Gasteiger partial charge in [-0.3, -0.25) is 4.68 Å². The molecule has 0 spiro atoms. The van der Waals surface area contributed by atoms with Gasteiger partial charge in [0, 0.05) is 11.6 Å². The summed E-state index contributed by atoms with van der Waals surface area (Å²) in [5, 5.41) is 13.6. The van der Waals surface area contributed by atoms with Crippen molar-refractivity contribution in [1.29, 1.82) is 0 Å². The van der Waals surface area contributed by atoms with Crippen LogP contribution in [0.5, 0.6) is 0 Å². The minimum absolute atomic E-state index is 0.288. The largest absolute Gasteiger partial charge is 0.381 e. The van der Waals surface area contributed by atoms with Crippen molar-refractivity contribution in [3.63, 3.8) is 0 Å². The lowest BCUT2D eigenvalue weighted by molar-refractivity contribution is 0.253. The Morgan fingerprint density at radius 2 is 1.87 bits per heavy atom. The maximum atomic E-state index is 9.14. The highest BCUT2D eigenvalue weighted by atomic mass is 16.3. The first-order valence-corrected chi connectivity index (χ1v) is 5.18. The number of hydrogen-bond acceptors (Lipinski definition) is 2. The molecule has 1 atom stereocenters. The average molecular weight is 206 g/mol. The van der Waals surface area contributed by atoms with Gasteiger partial charge in [0.15, 0.2) is 0 Å². The Hall–Kier alpha value is -1.27. The van der Waals surface area contributed by atoms with Crippen LogP contribution in [0.2, 0.25) is 0 Å². The van der Waals surface area contributed by atoms with Crippen molar-refractivity contribution in [1.82, 2.24) is 9.78 Å². The van der Waals surface area contributed by atoms with Crippen molar-refractivity contribution < 1.29 is 5.11 Å². The summed E-state index contributed by atoms with van der Waals surface area (Å²) in [4.78, 5) is 0. The molecule has 0 saturated heterocycles. The van der Waals surface area contributed by atoms with Gasteiger partial charge in [-0.05, 0) is 40.5 Å². The second-order valence-electron chi connectivity index (χ2n) is 4.04. The van der Waals surface area contributed by atoms with Crippen molar-refractivity contribution in [2.75, 3.05) is 0 Å². The topological polar surface area (TPSA) is 38.0 Å². The first-order valence-electron chi connectivity index (χ1n) is 5.18. The number of aromatic nitrogens is 2. The summed E-state index contributed by atoms with van der Waals surface area (Å²) in [5.41, 5.74) is 3.00. The van der Waals surface area contributed by atoms with Gasteiger partial charge in [0.2, 0.25) is 0 Å². The van der Waals surface area contributed by atoms with Gasteiger partial charge in [-0.25, -0.2) is 0 Å². The Labute approximate surface area is 91.1 Å². The first kappa shape index (κ1) is 11.8. The summed E-state index contributed by atoms with van der Waals surface area (Å²) >= 11 is 0. The lowest BCUT2D eigenvalue weighted by Crippen LogP contribution is -2.06. The third-order valence-corrected chi connectivity index (χ3v) is 2.27. The van der Waals surface area contributed by atoms with Crippen LogP contribution in [0.25, 0.3) is 0 Å². The Kier molecular flexibility index (Phi) is 3.54. The molecule has 0 fully saturated rings. The van der Waals surface area contributed by atoms with Crippen molar-refractivity contribution in [3.05, 3.63) is 17.0 Å². The van der Waals surface area contributed by atoms with Crippen LogP contribution in [0.15, 0.2) is 0 Å². The fourth-order valence-electron chi connectivity index (χ4n) is 1.33. The Balaban J connectivity index is 3.22. The molecule has 1 aromatic heterocycles. The van der Waals surface area contributed by atoms with Gasteiger partial charge in [0.25, 0.3) is 0 Å². The summed E-state index contributed by atoms with van der Waals surface area (Å²) in [6, 6.07) is 0.288. The zero-order valence-corrected chi connectivity index (χ0v) is 10.00. The Bertz CT molecular complexity index is 405. The molecule has 0 saturated carbocycles. The van der Waals surface area contributed by atoms with E-state index in [0.717, 1.165) is 17.0 Å². The van der Waals surface area contributed by atoms with E-state index in [0.29, 0.717) is 0 Å². The minimum Gasteiger partial charge on any atom is -0.381 e. The lowest BCUT2D eigenvalue weighted by atomic mass is 10.2. The molecule has 1 N–H and O–H groups in total. The predicted molar refractivity (Wildman–Crippen MR) is 60.6 cm³/mol. The fourth-order valence-corrected chi connectivity index (χ4v) is 1.33. The van der Waals surface area contributed by atoms with Gasteiger partial charge in [-0.1, -0.05) is 5.92 Å². The number of aliphatic hydroxyl groups excluding tert-OH is 1. The maximum Gasteiger partial charge on any atom is 0.114 e. The average Bonchev–Trinajstić information content (AvgIpc) is 2.41. The summed E-state index contributed by atoms with van der Waals surface area (Å²) in [7, 11) is 0. The van der Waals surface area contributed by atoms with Crippen molar-refractivity contribution in [3.8, 4) is 11.8 Å². The Morgan fingerprint density at radius 1 is 1.27 bits per heavy atom. The molecule has 1 rings (SSSR count). The molecule has 1 aromatic rings. The van der Waals surface area contributed by atoms with E-state index < -0.39 is 6.10 Å². The van der Waals surface area contributed by atoms with Gasteiger partial charge in [0.05, 0.1) is 5.69 Å². The zero-order chi connectivity index (χ0) is 11.6. The number of aliphatic hydroxyl groups is 1. The van der Waals surface area contributed by atoms with Crippen molar-refractivity contribution in [2.45, 2.75) is 46.8 Å². The number of hydrogen-bond donors (Lipinski definition) is 1.